The third-order valence-electron chi connectivity index (χ3n) is 6.73. The molecule has 4 rings (SSSR count). The molecule has 9 heteroatoms. The highest BCUT2D eigenvalue weighted by Gasteiger charge is 2.09. The van der Waals surface area contributed by atoms with Crippen molar-refractivity contribution in [3.8, 4) is 17.2 Å². The topological polar surface area (TPSA) is 109 Å². The summed E-state index contributed by atoms with van der Waals surface area (Å²) in [5, 5.41) is 19.0. The summed E-state index contributed by atoms with van der Waals surface area (Å²) in [6.45, 7) is 2.92. The normalized spacial score (nSPS) is 11.1. The number of hydrogen-bond acceptors (Lipinski definition) is 7. The fourth-order valence-electron chi connectivity index (χ4n) is 4.31. The molecule has 4 aromatic rings. The summed E-state index contributed by atoms with van der Waals surface area (Å²) >= 11 is 0. The van der Waals surface area contributed by atoms with Crippen LogP contribution in [0.4, 0.5) is 5.69 Å². The second-order valence-electron chi connectivity index (χ2n) is 10.0. The van der Waals surface area contributed by atoms with Gasteiger partial charge in [-0.25, -0.2) is 9.48 Å². The Morgan fingerprint density at radius 3 is 2.14 bits per heavy atom. The van der Waals surface area contributed by atoms with Gasteiger partial charge in [0, 0.05) is 12.1 Å². The van der Waals surface area contributed by atoms with Gasteiger partial charge in [-0.05, 0) is 66.6 Å². The maximum absolute atomic E-state index is 12.6. The number of benzene rings is 3. The van der Waals surface area contributed by atoms with E-state index in [4.69, 9.17) is 9.47 Å². The molecule has 0 aliphatic carbocycles. The molecule has 0 unspecified atom stereocenters. The SMILES string of the molecule is CCCCCCCCCCOc1ccc(OC(=O)c2ccc(/C=C/c3cn(-c4ccc([N+](=O)[O-])cc4)nn3)cc2)cc1. The molecule has 1 heterocycles. The molecule has 0 N–H and O–H groups in total. The number of carbonyl (C=O) groups excluding carboxylic acids is 1. The van der Waals surface area contributed by atoms with Gasteiger partial charge in [0.1, 0.15) is 17.2 Å². The van der Waals surface area contributed by atoms with Crippen molar-refractivity contribution in [3.63, 3.8) is 0 Å². The standard InChI is InChI=1S/C33H36N4O5/c1-2-3-4-5-6-7-8-9-24-41-31-20-22-32(23-21-31)42-33(38)27-13-10-26(11-14-27)12-15-28-25-36(35-34-28)29-16-18-30(19-17-29)37(39)40/h10-23,25H,2-9,24H2,1H3/b15-12+. The number of esters is 1. The molecule has 0 saturated heterocycles. The van der Waals surface area contributed by atoms with E-state index in [9.17, 15) is 14.9 Å². The molecule has 9 nitrogen and oxygen atoms in total. The number of hydrogen-bond donors (Lipinski definition) is 0. The second kappa shape index (κ2) is 15.9. The van der Waals surface area contributed by atoms with Gasteiger partial charge in [0.25, 0.3) is 5.69 Å². The van der Waals surface area contributed by atoms with Crippen LogP contribution in [0.1, 0.15) is 79.9 Å². The first kappa shape index (κ1) is 30.2. The van der Waals surface area contributed by atoms with Gasteiger partial charge in [-0.1, -0.05) is 75.3 Å². The third kappa shape index (κ3) is 9.40. The molecule has 218 valence electrons. The van der Waals surface area contributed by atoms with Gasteiger partial charge in [-0.2, -0.15) is 0 Å². The van der Waals surface area contributed by atoms with Crippen molar-refractivity contribution in [1.82, 2.24) is 15.0 Å². The molecular formula is C33H36N4O5. The van der Waals surface area contributed by atoms with Gasteiger partial charge in [0.15, 0.2) is 0 Å². The first-order valence-electron chi connectivity index (χ1n) is 14.4. The quantitative estimate of drug-likeness (QED) is 0.0442. The van der Waals surface area contributed by atoms with Crippen LogP contribution in [-0.2, 0) is 0 Å². The average molecular weight is 569 g/mol. The Hall–Kier alpha value is -4.79. The monoisotopic (exact) mass is 568 g/mol. The van der Waals surface area contributed by atoms with E-state index in [2.05, 4.69) is 17.2 Å². The van der Waals surface area contributed by atoms with Crippen LogP contribution in [-0.4, -0.2) is 32.5 Å². The molecule has 0 aliphatic heterocycles. The minimum absolute atomic E-state index is 0.0124. The van der Waals surface area contributed by atoms with E-state index in [1.54, 1.807) is 53.4 Å². The molecule has 0 aliphatic rings. The van der Waals surface area contributed by atoms with Crippen molar-refractivity contribution in [2.75, 3.05) is 6.61 Å². The van der Waals surface area contributed by atoms with Gasteiger partial charge in [-0.15, -0.1) is 5.10 Å². The highest BCUT2D eigenvalue weighted by atomic mass is 16.6. The summed E-state index contributed by atoms with van der Waals surface area (Å²) in [5.74, 6) is 0.783. The summed E-state index contributed by atoms with van der Waals surface area (Å²) in [5.41, 5.74) is 2.60. The second-order valence-corrected chi connectivity index (χ2v) is 10.0. The molecule has 3 aromatic carbocycles. The highest BCUT2D eigenvalue weighted by molar-refractivity contribution is 5.91. The van der Waals surface area contributed by atoms with Crippen molar-refractivity contribution in [2.24, 2.45) is 0 Å². The van der Waals surface area contributed by atoms with Crippen LogP contribution in [0, 0.1) is 10.1 Å². The molecule has 0 fully saturated rings. The zero-order valence-electron chi connectivity index (χ0n) is 23.9. The minimum Gasteiger partial charge on any atom is -0.494 e. The first-order chi connectivity index (χ1) is 20.5. The van der Waals surface area contributed by atoms with Crippen LogP contribution in [0.2, 0.25) is 0 Å². The van der Waals surface area contributed by atoms with E-state index < -0.39 is 10.9 Å². The fourth-order valence-corrected chi connectivity index (χ4v) is 4.31. The lowest BCUT2D eigenvalue weighted by Gasteiger charge is -2.08. The molecule has 0 amide bonds. The Kier molecular flexibility index (Phi) is 11.4. The lowest BCUT2D eigenvalue weighted by atomic mass is 10.1. The number of nitro benzene ring substituents is 1. The Labute approximate surface area is 245 Å². The lowest BCUT2D eigenvalue weighted by molar-refractivity contribution is -0.384. The summed E-state index contributed by atoms with van der Waals surface area (Å²) in [7, 11) is 0. The molecule has 0 spiro atoms. The maximum atomic E-state index is 12.6. The molecule has 42 heavy (non-hydrogen) atoms. The molecular weight excluding hydrogens is 532 g/mol. The molecule has 0 saturated carbocycles. The smallest absolute Gasteiger partial charge is 0.343 e. The van der Waals surface area contributed by atoms with Crippen molar-refractivity contribution in [2.45, 2.75) is 58.3 Å². The Morgan fingerprint density at radius 2 is 1.48 bits per heavy atom. The van der Waals surface area contributed by atoms with Crippen LogP contribution in [0.5, 0.6) is 11.5 Å². The number of nitro groups is 1. The van der Waals surface area contributed by atoms with Gasteiger partial charge in [-0.3, -0.25) is 10.1 Å². The Bertz CT molecular complexity index is 1450. The predicted molar refractivity (Wildman–Crippen MR) is 163 cm³/mol. The van der Waals surface area contributed by atoms with E-state index in [-0.39, 0.29) is 5.69 Å². The highest BCUT2D eigenvalue weighted by Crippen LogP contribution is 2.20. The number of ether oxygens (including phenoxy) is 2. The van der Waals surface area contributed by atoms with Crippen LogP contribution >= 0.6 is 0 Å². The third-order valence-corrected chi connectivity index (χ3v) is 6.73. The average Bonchev–Trinajstić information content (AvgIpc) is 3.49. The number of carbonyl (C=O) groups is 1. The van der Waals surface area contributed by atoms with Gasteiger partial charge in [0.2, 0.25) is 0 Å². The van der Waals surface area contributed by atoms with Crippen LogP contribution in [0.3, 0.4) is 0 Å². The zero-order chi connectivity index (χ0) is 29.6. The van der Waals surface area contributed by atoms with E-state index in [1.165, 1.54) is 57.1 Å². The number of nitrogens with zero attached hydrogens (tertiary/aromatic N) is 4. The predicted octanol–water partition coefficient (Wildman–Crippen LogP) is 8.08. The summed E-state index contributed by atoms with van der Waals surface area (Å²) in [6.07, 6.45) is 15.4. The Balaban J connectivity index is 1.20. The summed E-state index contributed by atoms with van der Waals surface area (Å²) < 4.78 is 12.9. The summed E-state index contributed by atoms with van der Waals surface area (Å²) in [6, 6.07) is 20.2. The van der Waals surface area contributed by atoms with Gasteiger partial charge in [0.05, 0.1) is 29.0 Å². The number of aromatic nitrogens is 3. The molecule has 0 radical (unpaired) electrons. The largest absolute Gasteiger partial charge is 0.494 e. The van der Waals surface area contributed by atoms with Crippen LogP contribution < -0.4 is 9.47 Å². The van der Waals surface area contributed by atoms with E-state index in [1.807, 2.05) is 30.3 Å². The van der Waals surface area contributed by atoms with Crippen molar-refractivity contribution >= 4 is 23.8 Å². The van der Waals surface area contributed by atoms with Crippen molar-refractivity contribution < 1.29 is 19.2 Å². The number of non-ortho nitro benzene ring substituents is 1. The molecule has 0 atom stereocenters. The molecule has 0 bridgehead atoms. The minimum atomic E-state index is -0.448. The number of unbranched alkanes of at least 4 members (excludes halogenated alkanes) is 7. The maximum Gasteiger partial charge on any atom is 0.343 e. The zero-order valence-corrected chi connectivity index (χ0v) is 23.9. The van der Waals surface area contributed by atoms with E-state index in [0.717, 1.165) is 17.7 Å². The van der Waals surface area contributed by atoms with Crippen molar-refractivity contribution in [3.05, 3.63) is 106 Å². The van der Waals surface area contributed by atoms with Crippen LogP contribution in [0.15, 0.2) is 79.0 Å². The Morgan fingerprint density at radius 1 is 0.833 bits per heavy atom. The van der Waals surface area contributed by atoms with Crippen molar-refractivity contribution in [1.29, 1.82) is 0 Å². The van der Waals surface area contributed by atoms with Gasteiger partial charge >= 0.3 is 5.97 Å². The van der Waals surface area contributed by atoms with E-state index >= 15 is 0 Å². The molecule has 1 aromatic heterocycles. The fraction of sp³-hybridized carbons (Fsp3) is 0.303. The first-order valence-corrected chi connectivity index (χ1v) is 14.4. The van der Waals surface area contributed by atoms with Crippen LogP contribution in [0.25, 0.3) is 17.8 Å². The van der Waals surface area contributed by atoms with E-state index in [0.29, 0.717) is 29.3 Å². The lowest BCUT2D eigenvalue weighted by Crippen LogP contribution is -2.08. The van der Waals surface area contributed by atoms with Gasteiger partial charge < -0.3 is 9.47 Å². The number of rotatable bonds is 16. The summed E-state index contributed by atoms with van der Waals surface area (Å²) in [4.78, 5) is 23.0.